The number of hydrogen-bond acceptors (Lipinski definition) is 2. The largest absolute Gasteiger partial charge is 0.323 e. The van der Waals surface area contributed by atoms with Gasteiger partial charge >= 0.3 is 0 Å². The van der Waals surface area contributed by atoms with Crippen molar-refractivity contribution in [2.45, 2.75) is 20.8 Å². The Morgan fingerprint density at radius 2 is 1.76 bits per heavy atom. The monoisotopic (exact) mass is 279 g/mol. The number of nitrogens with one attached hydrogen (secondary N) is 1. The second-order valence-electron chi connectivity index (χ2n) is 3.20. The first kappa shape index (κ1) is 15.9. The summed E-state index contributed by atoms with van der Waals surface area (Å²) in [4.78, 5) is 19.9. The molecule has 1 N–H and O–H groups in total. The van der Waals surface area contributed by atoms with Crippen LogP contribution in [0.3, 0.4) is 0 Å². The summed E-state index contributed by atoms with van der Waals surface area (Å²) in [7, 11) is 0. The maximum Gasteiger partial charge on any atom is 0.221 e. The number of halogens is 3. The molecule has 1 rings (SSSR count). The molecule has 1 aromatic carbocycles. The highest BCUT2D eigenvalue weighted by atomic mass is 35.5. The molecule has 0 saturated carbocycles. The minimum absolute atomic E-state index is 0.0502. The van der Waals surface area contributed by atoms with E-state index in [4.69, 9.17) is 11.6 Å². The van der Waals surface area contributed by atoms with Crippen LogP contribution < -0.4 is 5.32 Å². The minimum Gasteiger partial charge on any atom is -0.323 e. The lowest BCUT2D eigenvalue weighted by Gasteiger charge is -2.07. The zero-order valence-corrected chi connectivity index (χ0v) is 11.1. The Morgan fingerprint density at radius 1 is 1.29 bits per heavy atom. The quantitative estimate of drug-likeness (QED) is 0.800. The van der Waals surface area contributed by atoms with E-state index in [1.165, 1.54) is 13.8 Å². The molecule has 0 aliphatic carbocycles. The lowest BCUT2D eigenvalue weighted by atomic mass is 10.2. The van der Waals surface area contributed by atoms with E-state index in [-0.39, 0.29) is 21.9 Å². The first-order chi connectivity index (χ1) is 7.75. The molecule has 0 aliphatic heterocycles. The summed E-state index contributed by atoms with van der Waals surface area (Å²) in [6.07, 6.45) is 0. The van der Waals surface area contributed by atoms with Crippen molar-refractivity contribution in [2.75, 3.05) is 5.32 Å². The predicted octanol–water partition coefficient (Wildman–Crippen LogP) is 3.52. The van der Waals surface area contributed by atoms with Gasteiger partial charge in [0.15, 0.2) is 5.82 Å². The van der Waals surface area contributed by atoms with Gasteiger partial charge in [0.05, 0.1) is 10.7 Å². The predicted molar refractivity (Wildman–Crippen MR) is 67.0 cm³/mol. The van der Waals surface area contributed by atoms with Crippen LogP contribution in [-0.2, 0) is 9.59 Å². The third kappa shape index (κ3) is 6.24. The van der Waals surface area contributed by atoms with Crippen molar-refractivity contribution >= 4 is 40.0 Å². The third-order valence-corrected chi connectivity index (χ3v) is 1.90. The number of carbonyl (C=O) groups is 2. The normalized spacial score (nSPS) is 9.06. The minimum atomic E-state index is -0.484. The molecule has 0 atom stereocenters. The van der Waals surface area contributed by atoms with Crippen molar-refractivity contribution in [1.82, 2.24) is 0 Å². The maximum absolute atomic E-state index is 13.3. The Labute approximate surface area is 109 Å². The maximum atomic E-state index is 13.3. The van der Waals surface area contributed by atoms with Crippen LogP contribution in [0.5, 0.6) is 0 Å². The first-order valence-corrected chi connectivity index (χ1v) is 5.39. The van der Waals surface area contributed by atoms with E-state index in [0.29, 0.717) is 5.56 Å². The lowest BCUT2D eigenvalue weighted by Crippen LogP contribution is -2.08. The van der Waals surface area contributed by atoms with Crippen molar-refractivity contribution in [3.63, 3.8) is 0 Å². The van der Waals surface area contributed by atoms with Gasteiger partial charge in [-0.05, 0) is 30.2 Å². The van der Waals surface area contributed by atoms with Gasteiger partial charge in [-0.2, -0.15) is 0 Å². The second-order valence-corrected chi connectivity index (χ2v) is 4.14. The van der Waals surface area contributed by atoms with E-state index in [1.807, 2.05) is 0 Å². The number of anilines is 1. The highest BCUT2D eigenvalue weighted by molar-refractivity contribution is 6.62. The smallest absolute Gasteiger partial charge is 0.221 e. The molecule has 17 heavy (non-hydrogen) atoms. The highest BCUT2D eigenvalue weighted by Gasteiger charge is 2.10. The van der Waals surface area contributed by atoms with E-state index in [0.717, 1.165) is 0 Å². The standard InChI is InChI=1S/C9H9ClFNO.C2H3ClO/c1-5-3-4-7(10)9(8(5)11)12-6(2)13;1-2(3)4/h3-4H,1-2H3,(H,12,13);1H3. The number of rotatable bonds is 1. The number of amides is 1. The zero-order chi connectivity index (χ0) is 13.6. The fourth-order valence-electron chi connectivity index (χ4n) is 0.947. The SMILES string of the molecule is CC(=O)Cl.CC(=O)Nc1c(Cl)ccc(C)c1F. The summed E-state index contributed by atoms with van der Waals surface area (Å²) in [6, 6.07) is 3.11. The average Bonchev–Trinajstić information content (AvgIpc) is 2.17. The number of aryl methyl sites for hydroxylation is 1. The molecular weight excluding hydrogens is 268 g/mol. The molecule has 0 unspecified atom stereocenters. The van der Waals surface area contributed by atoms with Crippen molar-refractivity contribution < 1.29 is 14.0 Å². The molecule has 1 aromatic rings. The Kier molecular flexibility index (Phi) is 6.76. The number of carbonyl (C=O) groups excluding carboxylic acids is 2. The van der Waals surface area contributed by atoms with E-state index in [1.54, 1.807) is 19.1 Å². The Bertz CT molecular complexity index is 432. The van der Waals surface area contributed by atoms with Crippen LogP contribution in [0.1, 0.15) is 19.4 Å². The van der Waals surface area contributed by atoms with Crippen molar-refractivity contribution in [3.8, 4) is 0 Å². The van der Waals surface area contributed by atoms with E-state index < -0.39 is 5.82 Å². The van der Waals surface area contributed by atoms with E-state index >= 15 is 0 Å². The second kappa shape index (κ2) is 7.25. The molecule has 1 amide bonds. The van der Waals surface area contributed by atoms with Crippen LogP contribution in [-0.4, -0.2) is 11.1 Å². The number of benzene rings is 1. The van der Waals surface area contributed by atoms with Gasteiger partial charge in [-0.25, -0.2) is 4.39 Å². The van der Waals surface area contributed by atoms with Gasteiger partial charge in [-0.1, -0.05) is 17.7 Å². The van der Waals surface area contributed by atoms with Crippen molar-refractivity contribution in [1.29, 1.82) is 0 Å². The molecule has 0 radical (unpaired) electrons. The molecule has 0 bridgehead atoms. The Balaban J connectivity index is 0.000000557. The van der Waals surface area contributed by atoms with Crippen LogP contribution in [0.15, 0.2) is 12.1 Å². The molecule has 0 aromatic heterocycles. The van der Waals surface area contributed by atoms with Gasteiger partial charge in [0.2, 0.25) is 11.1 Å². The first-order valence-electron chi connectivity index (χ1n) is 4.64. The third-order valence-electron chi connectivity index (χ3n) is 1.59. The molecule has 3 nitrogen and oxygen atoms in total. The number of hydrogen-bond donors (Lipinski definition) is 1. The van der Waals surface area contributed by atoms with Crippen LogP contribution >= 0.6 is 23.2 Å². The van der Waals surface area contributed by atoms with Crippen LogP contribution in [0.4, 0.5) is 10.1 Å². The average molecular weight is 280 g/mol. The summed E-state index contributed by atoms with van der Waals surface area (Å²) < 4.78 is 13.3. The van der Waals surface area contributed by atoms with Crippen LogP contribution in [0.2, 0.25) is 5.02 Å². The van der Waals surface area contributed by atoms with Crippen LogP contribution in [0.25, 0.3) is 0 Å². The fourth-order valence-corrected chi connectivity index (χ4v) is 1.14. The van der Waals surface area contributed by atoms with Gasteiger partial charge in [0.1, 0.15) is 0 Å². The molecule has 0 spiro atoms. The summed E-state index contributed by atoms with van der Waals surface area (Å²) in [5.41, 5.74) is 0.502. The highest BCUT2D eigenvalue weighted by Crippen LogP contribution is 2.26. The summed E-state index contributed by atoms with van der Waals surface area (Å²) >= 11 is 10.3. The summed E-state index contributed by atoms with van der Waals surface area (Å²) in [5.74, 6) is -0.825. The van der Waals surface area contributed by atoms with Crippen molar-refractivity contribution in [3.05, 3.63) is 28.5 Å². The van der Waals surface area contributed by atoms with Gasteiger partial charge in [-0.15, -0.1) is 0 Å². The molecular formula is C11H12Cl2FNO2. The van der Waals surface area contributed by atoms with E-state index in [2.05, 4.69) is 16.9 Å². The lowest BCUT2D eigenvalue weighted by molar-refractivity contribution is -0.114. The van der Waals surface area contributed by atoms with Crippen molar-refractivity contribution in [2.24, 2.45) is 0 Å². The molecule has 0 heterocycles. The molecule has 0 fully saturated rings. The Hall–Kier alpha value is -1.13. The Morgan fingerprint density at radius 3 is 2.18 bits per heavy atom. The topological polar surface area (TPSA) is 46.2 Å². The molecule has 0 aliphatic rings. The van der Waals surface area contributed by atoms with E-state index in [9.17, 15) is 14.0 Å². The molecule has 6 heteroatoms. The van der Waals surface area contributed by atoms with Gasteiger partial charge in [-0.3, -0.25) is 9.59 Å². The van der Waals surface area contributed by atoms with Gasteiger partial charge in [0, 0.05) is 13.8 Å². The van der Waals surface area contributed by atoms with Gasteiger partial charge in [0.25, 0.3) is 0 Å². The fraction of sp³-hybridized carbons (Fsp3) is 0.273. The molecule has 0 saturated heterocycles. The molecule has 94 valence electrons. The zero-order valence-electron chi connectivity index (χ0n) is 9.61. The van der Waals surface area contributed by atoms with Crippen LogP contribution in [0, 0.1) is 12.7 Å². The summed E-state index contributed by atoms with van der Waals surface area (Å²) in [6.45, 7) is 4.20. The summed E-state index contributed by atoms with van der Waals surface area (Å²) in [5, 5.41) is 2.18. The van der Waals surface area contributed by atoms with Gasteiger partial charge < -0.3 is 5.32 Å².